The highest BCUT2D eigenvalue weighted by molar-refractivity contribution is 7.99. The highest BCUT2D eigenvalue weighted by atomic mass is 32.2. The van der Waals surface area contributed by atoms with E-state index in [1.807, 2.05) is 0 Å². The van der Waals surface area contributed by atoms with E-state index in [2.05, 4.69) is 20.8 Å². The minimum absolute atomic E-state index is 0.0324. The van der Waals surface area contributed by atoms with Crippen molar-refractivity contribution in [3.05, 3.63) is 20.8 Å². The van der Waals surface area contributed by atoms with E-state index in [-0.39, 0.29) is 29.0 Å². The van der Waals surface area contributed by atoms with E-state index in [1.54, 1.807) is 20.8 Å². The zero-order chi connectivity index (χ0) is 23.7. The average molecular weight is 491 g/mol. The van der Waals surface area contributed by atoms with Crippen molar-refractivity contribution in [2.45, 2.75) is 71.0 Å². The molecule has 9 heteroatoms. The molecule has 1 fully saturated rings. The maximum absolute atomic E-state index is 13.6. The first-order valence-corrected chi connectivity index (χ1v) is 13.8. The molecule has 0 saturated carbocycles. The Bertz CT molecular complexity index is 1110. The number of likely N-dealkylation sites (tertiary alicyclic amines) is 1. The summed E-state index contributed by atoms with van der Waals surface area (Å²) in [7, 11) is 0. The number of hydrogen-bond donors (Lipinski definition) is 1. The van der Waals surface area contributed by atoms with Gasteiger partial charge in [-0.3, -0.25) is 19.0 Å². The van der Waals surface area contributed by atoms with Crippen LogP contribution in [0.4, 0.5) is 0 Å². The molecular weight excluding hydrogens is 456 g/mol. The molecule has 2 unspecified atom stereocenters. The van der Waals surface area contributed by atoms with E-state index in [0.717, 1.165) is 48.7 Å². The molecule has 0 spiro atoms. The number of nitrogens with two attached hydrogens (primary N) is 1. The molecule has 2 N–H and O–H groups in total. The second-order valence-corrected chi connectivity index (χ2v) is 12.0. The Hall–Kier alpha value is -1.87. The summed E-state index contributed by atoms with van der Waals surface area (Å²) in [6.45, 7) is 8.19. The molecule has 1 saturated heterocycles. The van der Waals surface area contributed by atoms with Crippen LogP contribution < -0.4 is 11.3 Å². The first kappa shape index (κ1) is 24.3. The second kappa shape index (κ2) is 10.2. The second-order valence-electron chi connectivity index (χ2n) is 9.94. The van der Waals surface area contributed by atoms with Crippen molar-refractivity contribution in [2.24, 2.45) is 23.5 Å². The summed E-state index contributed by atoms with van der Waals surface area (Å²) in [5.41, 5.74) is 6.70. The smallest absolute Gasteiger partial charge is 0.263 e. The summed E-state index contributed by atoms with van der Waals surface area (Å²) in [6.07, 6.45) is 5.46. The Morgan fingerprint density at radius 3 is 2.82 bits per heavy atom. The first-order chi connectivity index (χ1) is 15.7. The molecule has 33 heavy (non-hydrogen) atoms. The molecule has 4 rings (SSSR count). The van der Waals surface area contributed by atoms with Gasteiger partial charge in [0.25, 0.3) is 5.56 Å². The van der Waals surface area contributed by atoms with Gasteiger partial charge < -0.3 is 10.6 Å². The van der Waals surface area contributed by atoms with Crippen LogP contribution in [0, 0.1) is 17.8 Å². The van der Waals surface area contributed by atoms with E-state index >= 15 is 0 Å². The number of hydrogen-bond acceptors (Lipinski definition) is 6. The van der Waals surface area contributed by atoms with E-state index in [9.17, 15) is 14.4 Å². The molecule has 180 valence electrons. The number of carbonyl (C=O) groups excluding carboxylic acids is 2. The Morgan fingerprint density at radius 1 is 1.30 bits per heavy atom. The van der Waals surface area contributed by atoms with Gasteiger partial charge >= 0.3 is 0 Å². The van der Waals surface area contributed by atoms with E-state index in [1.165, 1.54) is 22.2 Å². The number of carbonyl (C=O) groups is 2. The van der Waals surface area contributed by atoms with Crippen LogP contribution in [-0.2, 0) is 29.0 Å². The Kier molecular flexibility index (Phi) is 7.48. The van der Waals surface area contributed by atoms with Crippen molar-refractivity contribution in [2.75, 3.05) is 18.8 Å². The standard InChI is InChI=1S/C24H34N4O3S2/c1-14(2)8-10-28-23(31)20-17-7-6-15(3)11-18(17)33-22(20)26-24(28)32-13-19(29)27-9-4-5-16(12-27)21(25)30/h14-16H,4-13H2,1-3H3,(H2,25,30). The third-order valence-electron chi connectivity index (χ3n) is 6.81. The summed E-state index contributed by atoms with van der Waals surface area (Å²) >= 11 is 2.98. The number of aryl methyl sites for hydroxylation is 1. The van der Waals surface area contributed by atoms with Gasteiger partial charge in [-0.25, -0.2) is 4.98 Å². The van der Waals surface area contributed by atoms with Gasteiger partial charge in [-0.1, -0.05) is 32.5 Å². The summed E-state index contributed by atoms with van der Waals surface area (Å²) in [4.78, 5) is 46.8. The molecule has 2 aromatic heterocycles. The van der Waals surface area contributed by atoms with Crippen LogP contribution in [0.25, 0.3) is 10.2 Å². The van der Waals surface area contributed by atoms with Gasteiger partial charge in [0.15, 0.2) is 5.16 Å². The van der Waals surface area contributed by atoms with Crippen molar-refractivity contribution >= 4 is 45.1 Å². The number of piperidine rings is 1. The fourth-order valence-corrected chi connectivity index (χ4v) is 7.10. The quantitative estimate of drug-likeness (QED) is 0.474. The third-order valence-corrected chi connectivity index (χ3v) is 8.92. The van der Waals surface area contributed by atoms with Crippen molar-refractivity contribution in [3.8, 4) is 0 Å². The number of rotatable bonds is 7. The van der Waals surface area contributed by atoms with Crippen LogP contribution in [0.3, 0.4) is 0 Å². The molecule has 1 aliphatic carbocycles. The minimum atomic E-state index is -0.342. The predicted molar refractivity (Wildman–Crippen MR) is 134 cm³/mol. The van der Waals surface area contributed by atoms with E-state index in [0.29, 0.717) is 36.6 Å². The fraction of sp³-hybridized carbons (Fsp3) is 0.667. The highest BCUT2D eigenvalue weighted by Gasteiger charge is 2.28. The van der Waals surface area contributed by atoms with Crippen molar-refractivity contribution in [3.63, 3.8) is 0 Å². The molecule has 0 radical (unpaired) electrons. The maximum atomic E-state index is 13.6. The van der Waals surface area contributed by atoms with Crippen LogP contribution in [0.1, 0.15) is 56.9 Å². The van der Waals surface area contributed by atoms with Gasteiger partial charge in [-0.15, -0.1) is 11.3 Å². The monoisotopic (exact) mass is 490 g/mol. The number of thioether (sulfide) groups is 1. The lowest BCUT2D eigenvalue weighted by atomic mass is 9.89. The van der Waals surface area contributed by atoms with Gasteiger partial charge in [0.1, 0.15) is 4.83 Å². The molecule has 2 aromatic rings. The summed E-state index contributed by atoms with van der Waals surface area (Å²) in [6, 6.07) is 0. The Balaban J connectivity index is 1.60. The average Bonchev–Trinajstić information content (AvgIpc) is 3.14. The number of nitrogens with zero attached hydrogens (tertiary/aromatic N) is 3. The molecule has 2 aliphatic rings. The Morgan fingerprint density at radius 2 is 2.09 bits per heavy atom. The van der Waals surface area contributed by atoms with E-state index < -0.39 is 0 Å². The number of fused-ring (bicyclic) bond motifs is 3. The number of thiophene rings is 1. The SMILES string of the molecule is CC(C)CCn1c(SCC(=O)N2CCCC(C(N)=O)C2)nc2sc3c(c2c1=O)CCC(C)C3. The zero-order valence-corrected chi connectivity index (χ0v) is 21.4. The lowest BCUT2D eigenvalue weighted by molar-refractivity contribution is -0.132. The molecule has 2 amide bonds. The maximum Gasteiger partial charge on any atom is 0.263 e. The van der Waals surface area contributed by atoms with Gasteiger partial charge in [0.2, 0.25) is 11.8 Å². The summed E-state index contributed by atoms with van der Waals surface area (Å²) < 4.78 is 1.79. The van der Waals surface area contributed by atoms with Gasteiger partial charge in [0.05, 0.1) is 17.1 Å². The lowest BCUT2D eigenvalue weighted by Gasteiger charge is -2.31. The lowest BCUT2D eigenvalue weighted by Crippen LogP contribution is -2.44. The van der Waals surface area contributed by atoms with Crippen LogP contribution in [-0.4, -0.2) is 45.1 Å². The first-order valence-electron chi connectivity index (χ1n) is 12.0. The van der Waals surface area contributed by atoms with Crippen molar-refractivity contribution < 1.29 is 9.59 Å². The molecule has 0 bridgehead atoms. The van der Waals surface area contributed by atoms with Crippen LogP contribution >= 0.6 is 23.1 Å². The van der Waals surface area contributed by atoms with Crippen molar-refractivity contribution in [1.29, 1.82) is 0 Å². The highest BCUT2D eigenvalue weighted by Crippen LogP contribution is 2.36. The zero-order valence-electron chi connectivity index (χ0n) is 19.8. The topological polar surface area (TPSA) is 98.3 Å². The molecule has 0 aromatic carbocycles. The third kappa shape index (κ3) is 5.29. The van der Waals surface area contributed by atoms with Crippen LogP contribution in [0.2, 0.25) is 0 Å². The van der Waals surface area contributed by atoms with Gasteiger partial charge in [0, 0.05) is 24.5 Å². The fourth-order valence-electron chi connectivity index (χ4n) is 4.75. The number of amides is 2. The predicted octanol–water partition coefficient (Wildman–Crippen LogP) is 3.44. The van der Waals surface area contributed by atoms with Gasteiger partial charge in [-0.2, -0.15) is 0 Å². The van der Waals surface area contributed by atoms with Gasteiger partial charge in [-0.05, 0) is 55.9 Å². The summed E-state index contributed by atoms with van der Waals surface area (Å²) in [5.74, 6) is 0.650. The Labute approximate surface area is 203 Å². The largest absolute Gasteiger partial charge is 0.369 e. The normalized spacial score (nSPS) is 20.9. The number of primary amides is 1. The molecule has 3 heterocycles. The molecule has 7 nitrogen and oxygen atoms in total. The number of aromatic nitrogens is 2. The van der Waals surface area contributed by atoms with Crippen LogP contribution in [0.15, 0.2) is 9.95 Å². The molecule has 2 atom stereocenters. The summed E-state index contributed by atoms with van der Waals surface area (Å²) in [5, 5.41) is 1.42. The molecule has 1 aliphatic heterocycles. The van der Waals surface area contributed by atoms with Crippen LogP contribution in [0.5, 0.6) is 0 Å². The van der Waals surface area contributed by atoms with E-state index in [4.69, 9.17) is 10.7 Å². The van der Waals surface area contributed by atoms with Crippen molar-refractivity contribution in [1.82, 2.24) is 14.5 Å². The molecular formula is C24H34N4O3S2. The minimum Gasteiger partial charge on any atom is -0.369 e.